The van der Waals surface area contributed by atoms with Crippen molar-refractivity contribution in [2.45, 2.75) is 25.5 Å². The van der Waals surface area contributed by atoms with E-state index in [0.717, 1.165) is 31.6 Å². The fourth-order valence-corrected chi connectivity index (χ4v) is 3.40. The number of nitrogens with zero attached hydrogens (tertiary/aromatic N) is 4. The molecule has 1 saturated heterocycles. The van der Waals surface area contributed by atoms with Crippen molar-refractivity contribution in [1.82, 2.24) is 14.7 Å². The van der Waals surface area contributed by atoms with Gasteiger partial charge in [0, 0.05) is 37.6 Å². The second-order valence-corrected chi connectivity index (χ2v) is 6.69. The van der Waals surface area contributed by atoms with Gasteiger partial charge in [0.1, 0.15) is 0 Å². The number of carbonyl (C=O) groups excluding carboxylic acids is 1. The highest BCUT2D eigenvalue weighted by atomic mass is 16.3. The van der Waals surface area contributed by atoms with Gasteiger partial charge in [0.25, 0.3) is 0 Å². The standard InChI is InChI=1S/C19H26N4O2/c1-21(17-6-3-2-4-7-17)19(25)16-8-12-22(13-9-16)14-18(24)15-23-11-5-10-20-23/h2-7,10-11,16,18,24H,8-9,12-15H2,1H3/t18-/m0/s1. The number of piperidine rings is 1. The number of para-hydroxylation sites is 1. The fraction of sp³-hybridized carbons (Fsp3) is 0.474. The lowest BCUT2D eigenvalue weighted by Gasteiger charge is -2.34. The van der Waals surface area contributed by atoms with Crippen LogP contribution in [0.1, 0.15) is 12.8 Å². The van der Waals surface area contributed by atoms with E-state index >= 15 is 0 Å². The molecule has 0 spiro atoms. The van der Waals surface area contributed by atoms with E-state index in [1.54, 1.807) is 15.8 Å². The monoisotopic (exact) mass is 342 g/mol. The first kappa shape index (κ1) is 17.6. The average molecular weight is 342 g/mol. The Labute approximate surface area is 148 Å². The molecule has 2 heterocycles. The van der Waals surface area contributed by atoms with Crippen LogP contribution in [0.25, 0.3) is 0 Å². The molecule has 1 aliphatic heterocycles. The zero-order chi connectivity index (χ0) is 17.6. The lowest BCUT2D eigenvalue weighted by molar-refractivity contribution is -0.123. The summed E-state index contributed by atoms with van der Waals surface area (Å²) in [6.07, 6.45) is 4.80. The van der Waals surface area contributed by atoms with Crippen molar-refractivity contribution in [3.63, 3.8) is 0 Å². The van der Waals surface area contributed by atoms with Gasteiger partial charge in [0.15, 0.2) is 0 Å². The maximum absolute atomic E-state index is 12.7. The number of amides is 1. The number of rotatable bonds is 6. The van der Waals surface area contributed by atoms with Crippen LogP contribution in [0.2, 0.25) is 0 Å². The number of likely N-dealkylation sites (tertiary alicyclic amines) is 1. The molecular formula is C19H26N4O2. The summed E-state index contributed by atoms with van der Waals surface area (Å²) in [6.45, 7) is 2.81. The Morgan fingerprint density at radius 1 is 1.24 bits per heavy atom. The van der Waals surface area contributed by atoms with Crippen LogP contribution in [-0.2, 0) is 11.3 Å². The average Bonchev–Trinajstić information content (AvgIpc) is 3.14. The summed E-state index contributed by atoms with van der Waals surface area (Å²) in [7, 11) is 1.85. The van der Waals surface area contributed by atoms with E-state index < -0.39 is 6.10 Å². The number of benzene rings is 1. The molecule has 6 heteroatoms. The molecular weight excluding hydrogens is 316 g/mol. The van der Waals surface area contributed by atoms with Crippen molar-refractivity contribution in [1.29, 1.82) is 0 Å². The Kier molecular flexibility index (Phi) is 5.83. The molecule has 0 aliphatic carbocycles. The predicted molar refractivity (Wildman–Crippen MR) is 97.2 cm³/mol. The third kappa shape index (κ3) is 4.67. The highest BCUT2D eigenvalue weighted by molar-refractivity contribution is 5.94. The normalized spacial score (nSPS) is 17.4. The zero-order valence-electron chi connectivity index (χ0n) is 14.7. The maximum atomic E-state index is 12.7. The van der Waals surface area contributed by atoms with E-state index in [0.29, 0.717) is 13.1 Å². The third-order valence-corrected chi connectivity index (χ3v) is 4.84. The summed E-state index contributed by atoms with van der Waals surface area (Å²) in [4.78, 5) is 16.7. The Morgan fingerprint density at radius 3 is 2.60 bits per heavy atom. The van der Waals surface area contributed by atoms with E-state index in [1.807, 2.05) is 49.6 Å². The van der Waals surface area contributed by atoms with E-state index in [2.05, 4.69) is 10.00 Å². The number of β-amino-alcohol motifs (C(OH)–C–C–N with tert-alkyl or cyclic N) is 1. The Bertz CT molecular complexity index is 651. The molecule has 1 aromatic carbocycles. The molecule has 3 rings (SSSR count). The minimum atomic E-state index is -0.445. The quantitative estimate of drug-likeness (QED) is 0.867. The number of hydrogen-bond donors (Lipinski definition) is 1. The Hall–Kier alpha value is -2.18. The van der Waals surface area contributed by atoms with Gasteiger partial charge >= 0.3 is 0 Å². The molecule has 0 bridgehead atoms. The van der Waals surface area contributed by atoms with Crippen molar-refractivity contribution in [2.75, 3.05) is 31.6 Å². The van der Waals surface area contributed by atoms with Gasteiger partial charge in [-0.05, 0) is 44.1 Å². The van der Waals surface area contributed by atoms with Crippen molar-refractivity contribution in [3.8, 4) is 0 Å². The number of anilines is 1. The molecule has 1 atom stereocenters. The second kappa shape index (κ2) is 8.27. The lowest BCUT2D eigenvalue weighted by atomic mass is 9.95. The van der Waals surface area contributed by atoms with Crippen LogP contribution in [0.4, 0.5) is 5.69 Å². The third-order valence-electron chi connectivity index (χ3n) is 4.84. The second-order valence-electron chi connectivity index (χ2n) is 6.69. The SMILES string of the molecule is CN(C(=O)C1CCN(C[C@H](O)Cn2cccn2)CC1)c1ccccc1. The molecule has 1 aromatic heterocycles. The Balaban J connectivity index is 1.46. The fourth-order valence-electron chi connectivity index (χ4n) is 3.40. The zero-order valence-corrected chi connectivity index (χ0v) is 14.7. The first-order valence-electron chi connectivity index (χ1n) is 8.84. The van der Waals surface area contributed by atoms with Crippen LogP contribution in [0.5, 0.6) is 0 Å². The topological polar surface area (TPSA) is 61.6 Å². The van der Waals surface area contributed by atoms with E-state index in [-0.39, 0.29) is 11.8 Å². The van der Waals surface area contributed by atoms with Gasteiger partial charge in [-0.15, -0.1) is 0 Å². The van der Waals surface area contributed by atoms with Crippen molar-refractivity contribution >= 4 is 11.6 Å². The first-order valence-corrected chi connectivity index (χ1v) is 8.84. The Morgan fingerprint density at radius 2 is 1.96 bits per heavy atom. The van der Waals surface area contributed by atoms with E-state index in [1.165, 1.54) is 0 Å². The van der Waals surface area contributed by atoms with Crippen molar-refractivity contribution in [3.05, 3.63) is 48.8 Å². The molecule has 6 nitrogen and oxygen atoms in total. The summed E-state index contributed by atoms with van der Waals surface area (Å²) < 4.78 is 1.75. The summed E-state index contributed by atoms with van der Waals surface area (Å²) in [5.74, 6) is 0.243. The maximum Gasteiger partial charge on any atom is 0.229 e. The minimum Gasteiger partial charge on any atom is -0.390 e. The van der Waals surface area contributed by atoms with Gasteiger partial charge in [-0.25, -0.2) is 0 Å². The largest absolute Gasteiger partial charge is 0.390 e. The van der Waals surface area contributed by atoms with Crippen LogP contribution in [0, 0.1) is 5.92 Å². The van der Waals surface area contributed by atoms with Gasteiger partial charge in [0.05, 0.1) is 12.6 Å². The molecule has 25 heavy (non-hydrogen) atoms. The number of aromatic nitrogens is 2. The van der Waals surface area contributed by atoms with Gasteiger partial charge < -0.3 is 14.9 Å². The molecule has 1 fully saturated rings. The van der Waals surface area contributed by atoms with Crippen molar-refractivity contribution < 1.29 is 9.90 Å². The number of carbonyl (C=O) groups is 1. The van der Waals surface area contributed by atoms with E-state index in [9.17, 15) is 9.90 Å². The molecule has 134 valence electrons. The minimum absolute atomic E-state index is 0.0599. The highest BCUT2D eigenvalue weighted by Crippen LogP contribution is 2.22. The molecule has 1 aliphatic rings. The molecule has 1 N–H and O–H groups in total. The van der Waals surface area contributed by atoms with Gasteiger partial charge in [-0.2, -0.15) is 5.10 Å². The summed E-state index contributed by atoms with van der Waals surface area (Å²) in [5, 5.41) is 14.3. The van der Waals surface area contributed by atoms with Crippen LogP contribution in [-0.4, -0.2) is 58.5 Å². The van der Waals surface area contributed by atoms with Crippen LogP contribution in [0.3, 0.4) is 0 Å². The number of hydrogen-bond acceptors (Lipinski definition) is 4. The first-order chi connectivity index (χ1) is 12.1. The van der Waals surface area contributed by atoms with Gasteiger partial charge in [-0.1, -0.05) is 18.2 Å². The van der Waals surface area contributed by atoms with Crippen LogP contribution >= 0.6 is 0 Å². The lowest BCUT2D eigenvalue weighted by Crippen LogP contribution is -2.44. The highest BCUT2D eigenvalue weighted by Gasteiger charge is 2.28. The number of aliphatic hydroxyl groups is 1. The molecule has 0 radical (unpaired) electrons. The summed E-state index contributed by atoms with van der Waals surface area (Å²) in [6, 6.07) is 11.6. The number of aliphatic hydroxyl groups excluding tert-OH is 1. The molecule has 0 saturated carbocycles. The van der Waals surface area contributed by atoms with Crippen LogP contribution in [0.15, 0.2) is 48.8 Å². The van der Waals surface area contributed by atoms with Gasteiger partial charge in [0.2, 0.25) is 5.91 Å². The van der Waals surface area contributed by atoms with Gasteiger partial charge in [-0.3, -0.25) is 9.48 Å². The van der Waals surface area contributed by atoms with Crippen LogP contribution < -0.4 is 4.90 Å². The molecule has 1 amide bonds. The molecule has 2 aromatic rings. The smallest absolute Gasteiger partial charge is 0.229 e. The van der Waals surface area contributed by atoms with E-state index in [4.69, 9.17) is 0 Å². The predicted octanol–water partition coefficient (Wildman–Crippen LogP) is 1.62. The van der Waals surface area contributed by atoms with Crippen molar-refractivity contribution in [2.24, 2.45) is 5.92 Å². The molecule has 0 unspecified atom stereocenters. The summed E-state index contributed by atoms with van der Waals surface area (Å²) in [5.41, 5.74) is 0.935. The summed E-state index contributed by atoms with van der Waals surface area (Å²) >= 11 is 0.